The molecule has 9 nitrogen and oxygen atoms in total. The zero-order valence-electron chi connectivity index (χ0n) is 20.1. The van der Waals surface area contributed by atoms with Crippen molar-refractivity contribution in [2.24, 2.45) is 0 Å². The van der Waals surface area contributed by atoms with Crippen LogP contribution in [0, 0.1) is 0 Å². The Labute approximate surface area is 209 Å². The van der Waals surface area contributed by atoms with E-state index in [-0.39, 0.29) is 5.91 Å². The Bertz CT molecular complexity index is 1410. The second-order valence-electron chi connectivity index (χ2n) is 8.73. The van der Waals surface area contributed by atoms with Crippen LogP contribution in [0.5, 0.6) is 0 Å². The molecule has 9 heteroatoms. The number of pyridine rings is 1. The molecule has 0 atom stereocenters. The quantitative estimate of drug-likeness (QED) is 0.356. The van der Waals surface area contributed by atoms with Crippen molar-refractivity contribution >= 4 is 45.8 Å². The molecule has 2 aromatic carbocycles. The number of piperazine rings is 1. The summed E-state index contributed by atoms with van der Waals surface area (Å²) >= 11 is 0. The zero-order valence-corrected chi connectivity index (χ0v) is 20.1. The van der Waals surface area contributed by atoms with Crippen LogP contribution in [0.25, 0.3) is 22.0 Å². The Balaban J connectivity index is 1.43. The van der Waals surface area contributed by atoms with E-state index in [1.807, 2.05) is 54.6 Å². The van der Waals surface area contributed by atoms with Crippen molar-refractivity contribution in [1.82, 2.24) is 19.9 Å². The van der Waals surface area contributed by atoms with E-state index >= 15 is 0 Å². The zero-order chi connectivity index (χ0) is 25.1. The summed E-state index contributed by atoms with van der Waals surface area (Å²) in [6.45, 7) is 7.48. The fourth-order valence-electron chi connectivity index (χ4n) is 4.23. The molecule has 0 aliphatic carbocycles. The van der Waals surface area contributed by atoms with Gasteiger partial charge in [0.2, 0.25) is 11.9 Å². The molecule has 1 saturated heterocycles. The van der Waals surface area contributed by atoms with Crippen LogP contribution in [-0.4, -0.2) is 59.0 Å². The van der Waals surface area contributed by atoms with E-state index in [0.717, 1.165) is 54.2 Å². The molecule has 1 aliphatic heterocycles. The molecule has 5 rings (SSSR count). The number of benzene rings is 2. The third-order valence-electron chi connectivity index (χ3n) is 6.21. The number of amides is 1. The molecule has 36 heavy (non-hydrogen) atoms. The highest BCUT2D eigenvalue weighted by molar-refractivity contribution is 6.01. The van der Waals surface area contributed by atoms with Gasteiger partial charge in [-0.25, -0.2) is 9.97 Å². The smallest absolute Gasteiger partial charge is 0.247 e. The average molecular weight is 481 g/mol. The molecule has 2 aromatic heterocycles. The van der Waals surface area contributed by atoms with Crippen LogP contribution in [0.2, 0.25) is 0 Å². The summed E-state index contributed by atoms with van der Waals surface area (Å²) in [4.78, 5) is 30.2. The van der Waals surface area contributed by atoms with Gasteiger partial charge in [0.15, 0.2) is 0 Å². The van der Waals surface area contributed by atoms with E-state index in [1.54, 1.807) is 6.20 Å². The first-order chi connectivity index (χ1) is 17.5. The lowest BCUT2D eigenvalue weighted by molar-refractivity contribution is -0.111. The van der Waals surface area contributed by atoms with Gasteiger partial charge in [-0.05, 0) is 49.0 Å². The fourth-order valence-corrected chi connectivity index (χ4v) is 4.23. The SMILES string of the molecule is C=CC(=O)Nc1cccc(-c2cccc3c(N)nc(Nc4ccc(N5CCN(C)CC5)nc4)nc23)c1. The largest absolute Gasteiger partial charge is 0.383 e. The first-order valence-corrected chi connectivity index (χ1v) is 11.8. The van der Waals surface area contributed by atoms with Crippen LogP contribution in [0.4, 0.5) is 29.0 Å². The number of nitrogens with two attached hydrogens (primary N) is 1. The highest BCUT2D eigenvalue weighted by Crippen LogP contribution is 2.32. The lowest BCUT2D eigenvalue weighted by atomic mass is 10.0. The number of para-hydroxylation sites is 1. The van der Waals surface area contributed by atoms with Crippen molar-refractivity contribution in [2.75, 3.05) is 54.5 Å². The molecule has 0 spiro atoms. The number of aromatic nitrogens is 3. The lowest BCUT2D eigenvalue weighted by Gasteiger charge is -2.33. The van der Waals surface area contributed by atoms with Crippen LogP contribution >= 0.6 is 0 Å². The number of carbonyl (C=O) groups is 1. The molecule has 0 radical (unpaired) electrons. The summed E-state index contributed by atoms with van der Waals surface area (Å²) in [6, 6.07) is 17.3. The van der Waals surface area contributed by atoms with Crippen LogP contribution in [0.15, 0.2) is 73.4 Å². The number of nitrogens with zero attached hydrogens (tertiary/aromatic N) is 5. The minimum Gasteiger partial charge on any atom is -0.383 e. The standard InChI is InChI=1S/C27H28N8O/c1-3-24(36)30-19-7-4-6-18(16-19)21-8-5-9-22-25(21)32-27(33-26(22)28)31-20-10-11-23(29-17-20)35-14-12-34(2)13-15-35/h3-11,16-17H,1,12-15H2,2H3,(H,30,36)(H3,28,31,32,33). The van der Waals surface area contributed by atoms with Gasteiger partial charge in [0.05, 0.1) is 17.4 Å². The van der Waals surface area contributed by atoms with E-state index < -0.39 is 0 Å². The number of anilines is 5. The van der Waals surface area contributed by atoms with Crippen LogP contribution in [0.1, 0.15) is 0 Å². The average Bonchev–Trinajstić information content (AvgIpc) is 2.89. The van der Waals surface area contributed by atoms with Crippen molar-refractivity contribution in [2.45, 2.75) is 0 Å². The molecule has 0 unspecified atom stereocenters. The van der Waals surface area contributed by atoms with E-state index in [9.17, 15) is 4.79 Å². The molecular weight excluding hydrogens is 452 g/mol. The molecule has 3 heterocycles. The highest BCUT2D eigenvalue weighted by Gasteiger charge is 2.16. The molecule has 1 fully saturated rings. The Morgan fingerprint density at radius 3 is 2.58 bits per heavy atom. The van der Waals surface area contributed by atoms with E-state index in [0.29, 0.717) is 23.0 Å². The van der Waals surface area contributed by atoms with Crippen LogP contribution in [0.3, 0.4) is 0 Å². The maximum atomic E-state index is 11.7. The molecule has 0 saturated carbocycles. The number of nitrogen functional groups attached to an aromatic ring is 1. The number of nitrogens with one attached hydrogen (secondary N) is 2. The van der Waals surface area contributed by atoms with Gasteiger partial charge in [-0.1, -0.05) is 30.8 Å². The van der Waals surface area contributed by atoms with Crippen LogP contribution in [-0.2, 0) is 4.79 Å². The highest BCUT2D eigenvalue weighted by atomic mass is 16.1. The molecule has 1 amide bonds. The van der Waals surface area contributed by atoms with Crippen molar-refractivity contribution in [3.05, 3.63) is 73.4 Å². The lowest BCUT2D eigenvalue weighted by Crippen LogP contribution is -2.44. The first-order valence-electron chi connectivity index (χ1n) is 11.8. The van der Waals surface area contributed by atoms with Gasteiger partial charge in [-0.2, -0.15) is 4.98 Å². The van der Waals surface area contributed by atoms with Gasteiger partial charge in [0.25, 0.3) is 0 Å². The molecular formula is C27H28N8O. The predicted octanol–water partition coefficient (Wildman–Crippen LogP) is 3.89. The van der Waals surface area contributed by atoms with Gasteiger partial charge in [0, 0.05) is 42.8 Å². The van der Waals surface area contributed by atoms with Crippen molar-refractivity contribution < 1.29 is 4.79 Å². The Hall–Kier alpha value is -4.50. The van der Waals surface area contributed by atoms with Crippen molar-refractivity contribution in [3.8, 4) is 11.1 Å². The fraction of sp³-hybridized carbons (Fsp3) is 0.185. The summed E-state index contributed by atoms with van der Waals surface area (Å²) in [5.74, 6) is 1.45. The number of rotatable bonds is 6. The normalized spacial score (nSPS) is 14.0. The van der Waals surface area contributed by atoms with Gasteiger partial charge >= 0.3 is 0 Å². The number of fused-ring (bicyclic) bond motifs is 1. The van der Waals surface area contributed by atoms with Crippen LogP contribution < -0.4 is 21.3 Å². The van der Waals surface area contributed by atoms with E-state index in [4.69, 9.17) is 10.7 Å². The second kappa shape index (κ2) is 10.0. The predicted molar refractivity (Wildman–Crippen MR) is 145 cm³/mol. The Morgan fingerprint density at radius 2 is 1.83 bits per heavy atom. The number of likely N-dealkylation sites (N-methyl/N-ethyl adjacent to an activating group) is 1. The number of hydrogen-bond acceptors (Lipinski definition) is 8. The van der Waals surface area contributed by atoms with Gasteiger partial charge < -0.3 is 26.2 Å². The van der Waals surface area contributed by atoms with E-state index in [2.05, 4.69) is 44.0 Å². The third kappa shape index (κ3) is 4.96. The second-order valence-corrected chi connectivity index (χ2v) is 8.73. The summed E-state index contributed by atoms with van der Waals surface area (Å²) in [6.07, 6.45) is 3.03. The maximum absolute atomic E-state index is 11.7. The molecule has 4 N–H and O–H groups in total. The molecule has 0 bridgehead atoms. The van der Waals surface area contributed by atoms with Crippen molar-refractivity contribution in [1.29, 1.82) is 0 Å². The Morgan fingerprint density at radius 1 is 1.03 bits per heavy atom. The molecule has 182 valence electrons. The topological polar surface area (TPSA) is 112 Å². The van der Waals surface area contributed by atoms with Gasteiger partial charge in [-0.15, -0.1) is 0 Å². The van der Waals surface area contributed by atoms with Crippen molar-refractivity contribution in [3.63, 3.8) is 0 Å². The monoisotopic (exact) mass is 480 g/mol. The van der Waals surface area contributed by atoms with Gasteiger partial charge in [-0.3, -0.25) is 4.79 Å². The van der Waals surface area contributed by atoms with E-state index in [1.165, 1.54) is 6.08 Å². The Kier molecular flexibility index (Phi) is 6.46. The minimum absolute atomic E-state index is 0.268. The number of carbonyl (C=O) groups excluding carboxylic acids is 1. The summed E-state index contributed by atoms with van der Waals surface area (Å²) in [5.41, 5.74) is 10.2. The van der Waals surface area contributed by atoms with Gasteiger partial charge in [0.1, 0.15) is 11.6 Å². The molecule has 4 aromatic rings. The summed E-state index contributed by atoms with van der Waals surface area (Å²) in [7, 11) is 2.13. The summed E-state index contributed by atoms with van der Waals surface area (Å²) in [5, 5.41) is 6.79. The first kappa shape index (κ1) is 23.3. The number of hydrogen-bond donors (Lipinski definition) is 3. The molecule has 1 aliphatic rings. The minimum atomic E-state index is -0.268. The maximum Gasteiger partial charge on any atom is 0.247 e. The third-order valence-corrected chi connectivity index (χ3v) is 6.21. The summed E-state index contributed by atoms with van der Waals surface area (Å²) < 4.78 is 0.